The molecule has 0 aliphatic rings. The number of aryl methyl sites for hydroxylation is 1. The summed E-state index contributed by atoms with van der Waals surface area (Å²) in [6.07, 6.45) is 0. The van der Waals surface area contributed by atoms with E-state index in [0.717, 1.165) is 5.56 Å². The molecule has 1 aromatic carbocycles. The number of anilines is 1. The summed E-state index contributed by atoms with van der Waals surface area (Å²) in [6, 6.07) is 8.68. The Hall–Kier alpha value is -1.78. The van der Waals surface area contributed by atoms with Crippen molar-refractivity contribution in [2.45, 2.75) is 13.5 Å². The Morgan fingerprint density at radius 2 is 2.17 bits per heavy atom. The normalized spacial score (nSPS) is 10.4. The van der Waals surface area contributed by atoms with E-state index in [4.69, 9.17) is 21.8 Å². The van der Waals surface area contributed by atoms with Crippen LogP contribution in [0.1, 0.15) is 21.9 Å². The fourth-order valence-corrected chi connectivity index (χ4v) is 1.84. The van der Waals surface area contributed by atoms with E-state index in [1.54, 1.807) is 18.2 Å². The number of hydrogen-bond acceptors (Lipinski definition) is 3. The highest BCUT2D eigenvalue weighted by atomic mass is 35.5. The average Bonchev–Trinajstić information content (AvgIpc) is 2.82. The first kappa shape index (κ1) is 12.7. The Kier molecular flexibility index (Phi) is 3.69. The van der Waals surface area contributed by atoms with E-state index < -0.39 is 0 Å². The summed E-state index contributed by atoms with van der Waals surface area (Å²) in [5.74, 6) is 0.441. The first-order chi connectivity index (χ1) is 8.61. The third kappa shape index (κ3) is 2.55. The minimum atomic E-state index is -0.342. The van der Waals surface area contributed by atoms with Crippen molar-refractivity contribution in [3.05, 3.63) is 52.4 Å². The van der Waals surface area contributed by atoms with Crippen LogP contribution in [0.3, 0.4) is 0 Å². The zero-order valence-electron chi connectivity index (χ0n) is 9.87. The molecule has 0 aliphatic heterocycles. The second-order valence-electron chi connectivity index (χ2n) is 3.86. The quantitative estimate of drug-likeness (QED) is 0.896. The number of halogens is 1. The minimum absolute atomic E-state index is 0.217. The Bertz CT molecular complexity index is 558. The fourth-order valence-electron chi connectivity index (χ4n) is 1.58. The molecule has 0 spiro atoms. The van der Waals surface area contributed by atoms with E-state index >= 15 is 0 Å². The number of rotatable bonds is 3. The number of para-hydroxylation sites is 1. The van der Waals surface area contributed by atoms with Crippen molar-refractivity contribution < 1.29 is 9.21 Å². The maximum atomic E-state index is 11.9. The van der Waals surface area contributed by atoms with Crippen molar-refractivity contribution in [1.29, 1.82) is 0 Å². The SMILES string of the molecule is Cc1cccc(Cl)c1NC(=O)c1ccc(CN)o1. The standard InChI is InChI=1S/C13H13ClN2O2/c1-8-3-2-4-10(14)12(8)16-13(17)11-6-5-9(7-15)18-11/h2-6H,7,15H2,1H3,(H,16,17). The van der Waals surface area contributed by atoms with E-state index in [0.29, 0.717) is 16.5 Å². The van der Waals surface area contributed by atoms with Gasteiger partial charge in [0.2, 0.25) is 0 Å². The summed E-state index contributed by atoms with van der Waals surface area (Å²) in [4.78, 5) is 11.9. The monoisotopic (exact) mass is 264 g/mol. The number of carbonyl (C=O) groups excluding carboxylic acids is 1. The molecule has 0 radical (unpaired) electrons. The minimum Gasteiger partial charge on any atom is -0.455 e. The number of amides is 1. The van der Waals surface area contributed by atoms with Crippen molar-refractivity contribution in [2.75, 3.05) is 5.32 Å². The molecule has 1 heterocycles. The van der Waals surface area contributed by atoms with Gasteiger partial charge in [-0.15, -0.1) is 0 Å². The lowest BCUT2D eigenvalue weighted by atomic mass is 10.2. The van der Waals surface area contributed by atoms with Crippen molar-refractivity contribution in [2.24, 2.45) is 5.73 Å². The van der Waals surface area contributed by atoms with Crippen molar-refractivity contribution >= 4 is 23.2 Å². The third-order valence-electron chi connectivity index (χ3n) is 2.55. The molecule has 0 saturated heterocycles. The van der Waals surface area contributed by atoms with Crippen LogP contribution >= 0.6 is 11.6 Å². The van der Waals surface area contributed by atoms with Gasteiger partial charge < -0.3 is 15.5 Å². The maximum Gasteiger partial charge on any atom is 0.291 e. The number of nitrogens with one attached hydrogen (secondary N) is 1. The predicted molar refractivity (Wildman–Crippen MR) is 70.7 cm³/mol. The van der Waals surface area contributed by atoms with Gasteiger partial charge in [-0.2, -0.15) is 0 Å². The second-order valence-corrected chi connectivity index (χ2v) is 4.26. The molecule has 0 bridgehead atoms. The molecule has 5 heteroatoms. The van der Waals surface area contributed by atoms with Gasteiger partial charge in [-0.1, -0.05) is 23.7 Å². The van der Waals surface area contributed by atoms with Crippen molar-refractivity contribution in [3.8, 4) is 0 Å². The van der Waals surface area contributed by atoms with Gasteiger partial charge in [0.25, 0.3) is 5.91 Å². The number of carbonyl (C=O) groups is 1. The number of hydrogen-bond donors (Lipinski definition) is 2. The Balaban J connectivity index is 2.21. The van der Waals surface area contributed by atoms with Gasteiger partial charge in [0.1, 0.15) is 5.76 Å². The first-order valence-corrected chi connectivity index (χ1v) is 5.85. The van der Waals surface area contributed by atoms with Crippen LogP contribution in [-0.4, -0.2) is 5.91 Å². The molecule has 0 fully saturated rings. The lowest BCUT2D eigenvalue weighted by molar-refractivity contribution is 0.0995. The van der Waals surface area contributed by atoms with Gasteiger partial charge in [-0.25, -0.2) is 0 Å². The van der Waals surface area contributed by atoms with Gasteiger partial charge in [-0.3, -0.25) is 4.79 Å². The molecule has 0 saturated carbocycles. The predicted octanol–water partition coefficient (Wildman–Crippen LogP) is 2.95. The molecule has 0 atom stereocenters. The average molecular weight is 265 g/mol. The lowest BCUT2D eigenvalue weighted by Crippen LogP contribution is -2.12. The van der Waals surface area contributed by atoms with E-state index in [1.165, 1.54) is 0 Å². The van der Waals surface area contributed by atoms with Crippen molar-refractivity contribution in [3.63, 3.8) is 0 Å². The summed E-state index contributed by atoms with van der Waals surface area (Å²) >= 11 is 6.03. The highest BCUT2D eigenvalue weighted by molar-refractivity contribution is 6.34. The van der Waals surface area contributed by atoms with Crippen LogP contribution in [-0.2, 0) is 6.54 Å². The highest BCUT2D eigenvalue weighted by Gasteiger charge is 2.13. The fraction of sp³-hybridized carbons (Fsp3) is 0.154. The second kappa shape index (κ2) is 5.25. The molecule has 0 unspecified atom stereocenters. The van der Waals surface area contributed by atoms with Gasteiger partial charge in [0, 0.05) is 0 Å². The van der Waals surface area contributed by atoms with Crippen LogP contribution in [0.15, 0.2) is 34.7 Å². The molecule has 0 aliphatic carbocycles. The third-order valence-corrected chi connectivity index (χ3v) is 2.86. The molecule has 4 nitrogen and oxygen atoms in total. The Morgan fingerprint density at radius 1 is 1.39 bits per heavy atom. The number of nitrogens with two attached hydrogens (primary N) is 1. The van der Waals surface area contributed by atoms with Gasteiger partial charge >= 0.3 is 0 Å². The maximum absolute atomic E-state index is 11.9. The first-order valence-electron chi connectivity index (χ1n) is 5.47. The molecule has 1 aromatic heterocycles. The summed E-state index contributed by atoms with van der Waals surface area (Å²) in [7, 11) is 0. The smallest absolute Gasteiger partial charge is 0.291 e. The summed E-state index contributed by atoms with van der Waals surface area (Å²) < 4.78 is 5.27. The van der Waals surface area contributed by atoms with Crippen LogP contribution in [0, 0.1) is 6.92 Å². The van der Waals surface area contributed by atoms with Gasteiger partial charge in [0.15, 0.2) is 5.76 Å². The van der Waals surface area contributed by atoms with E-state index in [2.05, 4.69) is 5.32 Å². The van der Waals surface area contributed by atoms with Crippen molar-refractivity contribution in [1.82, 2.24) is 0 Å². The van der Waals surface area contributed by atoms with Crippen LogP contribution < -0.4 is 11.1 Å². The van der Waals surface area contributed by atoms with Gasteiger partial charge in [0.05, 0.1) is 17.3 Å². The van der Waals surface area contributed by atoms with Gasteiger partial charge in [-0.05, 0) is 30.7 Å². The molecular weight excluding hydrogens is 252 g/mol. The topological polar surface area (TPSA) is 68.3 Å². The largest absolute Gasteiger partial charge is 0.455 e. The molecule has 1 amide bonds. The highest BCUT2D eigenvalue weighted by Crippen LogP contribution is 2.25. The Morgan fingerprint density at radius 3 is 2.78 bits per heavy atom. The van der Waals surface area contributed by atoms with Crippen LogP contribution in [0.4, 0.5) is 5.69 Å². The zero-order chi connectivity index (χ0) is 13.1. The van der Waals surface area contributed by atoms with E-state index in [1.807, 2.05) is 19.1 Å². The molecule has 3 N–H and O–H groups in total. The van der Waals surface area contributed by atoms with Crippen LogP contribution in [0.2, 0.25) is 5.02 Å². The molecule has 2 rings (SSSR count). The van der Waals surface area contributed by atoms with Crippen LogP contribution in [0.25, 0.3) is 0 Å². The lowest BCUT2D eigenvalue weighted by Gasteiger charge is -2.08. The van der Waals surface area contributed by atoms with E-state index in [-0.39, 0.29) is 18.2 Å². The number of benzene rings is 1. The summed E-state index contributed by atoms with van der Waals surface area (Å²) in [6.45, 7) is 2.13. The molecular formula is C13H13ClN2O2. The summed E-state index contributed by atoms with van der Waals surface area (Å²) in [5.41, 5.74) is 6.90. The summed E-state index contributed by atoms with van der Waals surface area (Å²) in [5, 5.41) is 3.22. The number of furan rings is 1. The molecule has 18 heavy (non-hydrogen) atoms. The molecule has 2 aromatic rings. The van der Waals surface area contributed by atoms with Crippen LogP contribution in [0.5, 0.6) is 0 Å². The zero-order valence-corrected chi connectivity index (χ0v) is 10.6. The Labute approximate surface area is 110 Å². The van der Waals surface area contributed by atoms with E-state index in [9.17, 15) is 4.79 Å². The molecule has 94 valence electrons.